The average Bonchev–Trinajstić information content (AvgIpc) is 3.05. The van der Waals surface area contributed by atoms with Crippen molar-refractivity contribution in [3.8, 4) is 0 Å². The Hall–Kier alpha value is -1.40. The molecule has 0 bridgehead atoms. The minimum absolute atomic E-state index is 0.0569. The Morgan fingerprint density at radius 2 is 1.73 bits per heavy atom. The van der Waals surface area contributed by atoms with Crippen molar-refractivity contribution in [3.63, 3.8) is 0 Å². The summed E-state index contributed by atoms with van der Waals surface area (Å²) in [5.41, 5.74) is 0.537. The number of hydrogen-bond acceptors (Lipinski definition) is 5. The fourth-order valence-corrected chi connectivity index (χ4v) is 9.97. The second-order valence-electron chi connectivity index (χ2n) is 14.1. The van der Waals surface area contributed by atoms with Gasteiger partial charge in [0.25, 0.3) is 0 Å². The molecule has 0 spiro atoms. The van der Waals surface area contributed by atoms with Gasteiger partial charge in [0.05, 0.1) is 12.2 Å². The SMILES string of the molecule is CC(=O)OC1C[C@]2(C)[C@H](CC(O)[C@@H]3[C@@]4(C)CCC(O)C(C)[C@@H]4CC[C@]32C)/C1=C(/CCCC(C)C)C(=O)O. The third-order valence-corrected chi connectivity index (χ3v) is 11.8. The maximum atomic E-state index is 12.6. The van der Waals surface area contributed by atoms with E-state index in [0.717, 1.165) is 44.1 Å². The van der Waals surface area contributed by atoms with Gasteiger partial charge in [-0.15, -0.1) is 0 Å². The Morgan fingerprint density at radius 1 is 1.05 bits per heavy atom. The Balaban J connectivity index is 1.80. The molecule has 210 valence electrons. The average molecular weight is 519 g/mol. The van der Waals surface area contributed by atoms with Gasteiger partial charge in [0.1, 0.15) is 6.10 Å². The van der Waals surface area contributed by atoms with E-state index in [-0.39, 0.29) is 46.1 Å². The Morgan fingerprint density at radius 3 is 2.32 bits per heavy atom. The summed E-state index contributed by atoms with van der Waals surface area (Å²) < 4.78 is 5.89. The van der Waals surface area contributed by atoms with Gasteiger partial charge in [0, 0.05) is 12.5 Å². The highest BCUT2D eigenvalue weighted by Crippen LogP contribution is 2.74. The van der Waals surface area contributed by atoms with Gasteiger partial charge < -0.3 is 20.1 Å². The zero-order valence-electron chi connectivity index (χ0n) is 24.0. The highest BCUT2D eigenvalue weighted by molar-refractivity contribution is 5.88. The fourth-order valence-electron chi connectivity index (χ4n) is 9.97. The lowest BCUT2D eigenvalue weighted by atomic mass is 9.36. The summed E-state index contributed by atoms with van der Waals surface area (Å²) in [7, 11) is 0. The predicted molar refractivity (Wildman–Crippen MR) is 143 cm³/mol. The third-order valence-electron chi connectivity index (χ3n) is 11.8. The summed E-state index contributed by atoms with van der Waals surface area (Å²) in [6, 6.07) is 0. The molecule has 4 aliphatic rings. The monoisotopic (exact) mass is 518 g/mol. The first-order chi connectivity index (χ1) is 17.2. The molecule has 37 heavy (non-hydrogen) atoms. The van der Waals surface area contributed by atoms with Gasteiger partial charge in [-0.2, -0.15) is 0 Å². The fraction of sp³-hybridized carbons (Fsp3) is 0.871. The number of carbonyl (C=O) groups is 2. The van der Waals surface area contributed by atoms with E-state index in [1.165, 1.54) is 6.92 Å². The Bertz CT molecular complexity index is 940. The highest BCUT2D eigenvalue weighted by Gasteiger charge is 2.70. The summed E-state index contributed by atoms with van der Waals surface area (Å²) in [5.74, 6) is -0.339. The molecule has 0 aliphatic heterocycles. The van der Waals surface area contributed by atoms with E-state index < -0.39 is 18.2 Å². The van der Waals surface area contributed by atoms with E-state index in [0.29, 0.717) is 36.7 Å². The van der Waals surface area contributed by atoms with Gasteiger partial charge in [0.2, 0.25) is 0 Å². The number of carboxylic acid groups (broad SMARTS) is 1. The van der Waals surface area contributed by atoms with Gasteiger partial charge in [-0.05, 0) is 103 Å². The molecule has 0 amide bonds. The minimum atomic E-state index is -0.923. The highest BCUT2D eigenvalue weighted by atomic mass is 16.5. The van der Waals surface area contributed by atoms with E-state index in [4.69, 9.17) is 4.74 Å². The van der Waals surface area contributed by atoms with Crippen LogP contribution in [0.15, 0.2) is 11.1 Å². The van der Waals surface area contributed by atoms with Crippen LogP contribution in [0.3, 0.4) is 0 Å². The molecular formula is C31H50O6. The quantitative estimate of drug-likeness (QED) is 0.306. The number of carbonyl (C=O) groups excluding carboxylic acids is 1. The van der Waals surface area contributed by atoms with Gasteiger partial charge in [-0.25, -0.2) is 4.79 Å². The van der Waals surface area contributed by atoms with Crippen LogP contribution in [0.5, 0.6) is 0 Å². The Labute approximate surface area is 223 Å². The summed E-state index contributed by atoms with van der Waals surface area (Å²) in [5, 5.41) is 32.9. The molecule has 0 aromatic heterocycles. The predicted octanol–water partition coefficient (Wildman–Crippen LogP) is 5.75. The smallest absolute Gasteiger partial charge is 0.331 e. The van der Waals surface area contributed by atoms with E-state index in [9.17, 15) is 24.9 Å². The van der Waals surface area contributed by atoms with Crippen molar-refractivity contribution < 1.29 is 29.6 Å². The number of aliphatic hydroxyl groups is 2. The third kappa shape index (κ3) is 4.48. The van der Waals surface area contributed by atoms with E-state index in [1.54, 1.807) is 0 Å². The van der Waals surface area contributed by atoms with Gasteiger partial charge in [-0.1, -0.05) is 48.0 Å². The van der Waals surface area contributed by atoms with Crippen molar-refractivity contribution in [2.24, 2.45) is 45.8 Å². The molecule has 0 radical (unpaired) electrons. The molecule has 4 saturated carbocycles. The molecule has 6 heteroatoms. The number of carboxylic acids is 1. The Kier molecular flexibility index (Phi) is 7.71. The number of esters is 1. The van der Waals surface area contributed by atoms with E-state index in [1.807, 2.05) is 0 Å². The number of hydrogen-bond donors (Lipinski definition) is 3. The number of fused-ring (bicyclic) bond motifs is 5. The zero-order valence-corrected chi connectivity index (χ0v) is 24.0. The molecule has 10 atom stereocenters. The first-order valence-corrected chi connectivity index (χ1v) is 14.7. The molecule has 0 aromatic rings. The molecule has 4 aliphatic carbocycles. The maximum Gasteiger partial charge on any atom is 0.331 e. The van der Waals surface area contributed by atoms with Crippen LogP contribution in [0.25, 0.3) is 0 Å². The van der Waals surface area contributed by atoms with Gasteiger partial charge in [-0.3, -0.25) is 4.79 Å². The molecule has 4 fully saturated rings. The van der Waals surface area contributed by atoms with Crippen LogP contribution < -0.4 is 0 Å². The van der Waals surface area contributed by atoms with Crippen molar-refractivity contribution in [2.45, 2.75) is 125 Å². The largest absolute Gasteiger partial charge is 0.478 e. The van der Waals surface area contributed by atoms with Crippen LogP contribution >= 0.6 is 0 Å². The summed E-state index contributed by atoms with van der Waals surface area (Å²) in [4.78, 5) is 24.9. The summed E-state index contributed by atoms with van der Waals surface area (Å²) in [6.07, 6.45) is 5.45. The molecule has 0 saturated heterocycles. The van der Waals surface area contributed by atoms with Crippen LogP contribution in [0.4, 0.5) is 0 Å². The molecule has 0 heterocycles. The lowest BCUT2D eigenvalue weighted by molar-refractivity contribution is -0.234. The zero-order chi connectivity index (χ0) is 27.5. The van der Waals surface area contributed by atoms with Crippen molar-refractivity contribution in [1.82, 2.24) is 0 Å². The lowest BCUT2D eigenvalue weighted by Gasteiger charge is -2.69. The maximum absolute atomic E-state index is 12.6. The van der Waals surface area contributed by atoms with Crippen LogP contribution in [0.1, 0.15) is 106 Å². The van der Waals surface area contributed by atoms with Crippen molar-refractivity contribution >= 4 is 11.9 Å². The topological polar surface area (TPSA) is 104 Å². The summed E-state index contributed by atoms with van der Waals surface area (Å²) >= 11 is 0. The lowest BCUT2D eigenvalue weighted by Crippen LogP contribution is -2.65. The van der Waals surface area contributed by atoms with Crippen molar-refractivity contribution in [3.05, 3.63) is 11.1 Å². The first kappa shape index (κ1) is 28.6. The standard InChI is InChI=1S/C31H50O6/c1-17(2)9-8-10-20(28(35)36)26-22-15-24(34)27-29(5)13-12-23(33)18(3)21(29)11-14-30(27,6)31(22,7)16-25(26)37-19(4)32/h17-18,21-25,27,33-34H,8-16H2,1-7H3,(H,35,36)/b26-20+/t18?,21-,22+,23?,24?,25?,27+,29-,30+,31+/m0/s1. The van der Waals surface area contributed by atoms with Crippen LogP contribution in [-0.4, -0.2) is 45.6 Å². The number of rotatable bonds is 6. The van der Waals surface area contributed by atoms with Crippen molar-refractivity contribution in [2.75, 3.05) is 0 Å². The molecule has 6 nitrogen and oxygen atoms in total. The van der Waals surface area contributed by atoms with Crippen molar-refractivity contribution in [1.29, 1.82) is 0 Å². The van der Waals surface area contributed by atoms with Gasteiger partial charge in [0.15, 0.2) is 0 Å². The first-order valence-electron chi connectivity index (χ1n) is 14.7. The van der Waals surface area contributed by atoms with E-state index in [2.05, 4.69) is 41.5 Å². The number of ether oxygens (including phenoxy) is 1. The van der Waals surface area contributed by atoms with E-state index >= 15 is 0 Å². The second-order valence-corrected chi connectivity index (χ2v) is 14.1. The molecular weight excluding hydrogens is 468 g/mol. The normalized spacial score (nSPS) is 46.6. The number of aliphatic hydroxyl groups excluding tert-OH is 2. The molecule has 4 rings (SSSR count). The minimum Gasteiger partial charge on any atom is -0.478 e. The van der Waals surface area contributed by atoms with Gasteiger partial charge >= 0.3 is 11.9 Å². The van der Waals surface area contributed by atoms with Crippen LogP contribution in [0, 0.1) is 45.8 Å². The number of aliphatic carboxylic acids is 1. The van der Waals surface area contributed by atoms with Crippen LogP contribution in [0.2, 0.25) is 0 Å². The molecule has 3 N–H and O–H groups in total. The summed E-state index contributed by atoms with van der Waals surface area (Å²) in [6.45, 7) is 14.8. The van der Waals surface area contributed by atoms with Crippen LogP contribution in [-0.2, 0) is 14.3 Å². The molecule has 4 unspecified atom stereocenters. The molecule has 0 aromatic carbocycles. The second kappa shape index (κ2) is 9.97.